The summed E-state index contributed by atoms with van der Waals surface area (Å²) in [6, 6.07) is 2.03. The van der Waals surface area contributed by atoms with E-state index in [0.717, 1.165) is 12.8 Å². The van der Waals surface area contributed by atoms with E-state index in [1.807, 2.05) is 6.07 Å². The van der Waals surface area contributed by atoms with Crippen LogP contribution in [0.15, 0.2) is 17.3 Å². The van der Waals surface area contributed by atoms with Gasteiger partial charge in [0.15, 0.2) is 0 Å². The Balaban J connectivity index is 2.22. The first-order chi connectivity index (χ1) is 7.66. The number of aromatic nitrogens is 2. The lowest BCUT2D eigenvalue weighted by atomic mass is 10.4. The van der Waals surface area contributed by atoms with Gasteiger partial charge in [0.05, 0.1) is 12.3 Å². The minimum atomic E-state index is -3.48. The van der Waals surface area contributed by atoms with Crippen molar-refractivity contribution in [2.24, 2.45) is 0 Å². The summed E-state index contributed by atoms with van der Waals surface area (Å²) in [6.45, 7) is 0.259. The molecule has 1 saturated carbocycles. The van der Waals surface area contributed by atoms with E-state index in [2.05, 4.69) is 10.2 Å². The highest BCUT2D eigenvalue weighted by molar-refractivity contribution is 7.89. The molecule has 1 fully saturated rings. The van der Waals surface area contributed by atoms with Gasteiger partial charge in [-0.3, -0.25) is 5.10 Å². The van der Waals surface area contributed by atoms with Crippen molar-refractivity contribution < 1.29 is 8.42 Å². The second-order valence-corrected chi connectivity index (χ2v) is 5.58. The molecule has 2 rings (SSSR count). The summed E-state index contributed by atoms with van der Waals surface area (Å²) in [7, 11) is -3.48. The molecule has 0 aliphatic heterocycles. The van der Waals surface area contributed by atoms with E-state index in [1.165, 1.54) is 16.7 Å². The van der Waals surface area contributed by atoms with Crippen LogP contribution in [0.2, 0.25) is 0 Å². The number of hydrogen-bond donors (Lipinski definition) is 1. The molecular weight excluding hydrogens is 228 g/mol. The van der Waals surface area contributed by atoms with Crippen LogP contribution in [-0.4, -0.2) is 35.5 Å². The van der Waals surface area contributed by atoms with E-state index in [-0.39, 0.29) is 23.9 Å². The number of nitriles is 1. The van der Waals surface area contributed by atoms with Gasteiger partial charge in [-0.1, -0.05) is 0 Å². The molecule has 0 spiro atoms. The predicted octanol–water partition coefficient (Wildman–Crippen LogP) is 0.476. The molecule has 0 radical (unpaired) electrons. The fourth-order valence-electron chi connectivity index (χ4n) is 1.54. The van der Waals surface area contributed by atoms with Gasteiger partial charge in [0.2, 0.25) is 10.0 Å². The lowest BCUT2D eigenvalue weighted by molar-refractivity contribution is 0.411. The van der Waals surface area contributed by atoms with Gasteiger partial charge in [-0.05, 0) is 12.8 Å². The van der Waals surface area contributed by atoms with E-state index in [1.54, 1.807) is 0 Å². The van der Waals surface area contributed by atoms with Gasteiger partial charge < -0.3 is 0 Å². The lowest BCUT2D eigenvalue weighted by Crippen LogP contribution is -2.33. The Bertz CT molecular complexity index is 484. The first kappa shape index (κ1) is 11.1. The monoisotopic (exact) mass is 240 g/mol. The highest BCUT2D eigenvalue weighted by Gasteiger charge is 2.37. The fraction of sp³-hybridized carbons (Fsp3) is 0.556. The summed E-state index contributed by atoms with van der Waals surface area (Å²) in [6.07, 6.45) is 4.62. The van der Waals surface area contributed by atoms with Gasteiger partial charge in [0.25, 0.3) is 0 Å². The van der Waals surface area contributed by atoms with E-state index >= 15 is 0 Å². The zero-order valence-electron chi connectivity index (χ0n) is 8.63. The van der Waals surface area contributed by atoms with Crippen LogP contribution in [0.5, 0.6) is 0 Å². The molecule has 1 aliphatic rings. The summed E-state index contributed by atoms with van der Waals surface area (Å²) < 4.78 is 25.7. The standard InChI is InChI=1S/C9H12N4O2S/c10-4-1-5-13(8-2-3-8)16(14,15)9-6-11-12-7-9/h6-8H,1-3,5H2,(H,11,12). The predicted molar refractivity (Wildman–Crippen MR) is 55.7 cm³/mol. The molecule has 0 atom stereocenters. The highest BCUT2D eigenvalue weighted by atomic mass is 32.2. The second-order valence-electron chi connectivity index (χ2n) is 3.69. The maximum Gasteiger partial charge on any atom is 0.246 e. The number of rotatable bonds is 5. The molecule has 1 aromatic rings. The molecule has 1 aliphatic carbocycles. The normalized spacial score (nSPS) is 16.2. The van der Waals surface area contributed by atoms with Crippen LogP contribution in [0.25, 0.3) is 0 Å². The maximum atomic E-state index is 12.1. The minimum Gasteiger partial charge on any atom is -0.284 e. The average Bonchev–Trinajstić information content (AvgIpc) is 2.92. The van der Waals surface area contributed by atoms with Crippen LogP contribution in [0, 0.1) is 11.3 Å². The second kappa shape index (κ2) is 4.23. The van der Waals surface area contributed by atoms with Crippen LogP contribution in [0.4, 0.5) is 0 Å². The third-order valence-electron chi connectivity index (χ3n) is 2.48. The molecule has 0 unspecified atom stereocenters. The number of sulfonamides is 1. The topological polar surface area (TPSA) is 89.8 Å². The molecule has 6 nitrogen and oxygen atoms in total. The van der Waals surface area contributed by atoms with Crippen molar-refractivity contribution >= 4 is 10.0 Å². The van der Waals surface area contributed by atoms with Crippen LogP contribution >= 0.6 is 0 Å². The molecule has 0 aromatic carbocycles. The Morgan fingerprint density at radius 2 is 2.38 bits per heavy atom. The summed E-state index contributed by atoms with van der Waals surface area (Å²) >= 11 is 0. The molecule has 0 saturated heterocycles. The molecule has 0 bridgehead atoms. The molecule has 7 heteroatoms. The molecular formula is C9H12N4O2S. The smallest absolute Gasteiger partial charge is 0.246 e. The van der Waals surface area contributed by atoms with Gasteiger partial charge in [-0.2, -0.15) is 14.7 Å². The SMILES string of the molecule is N#CCCN(C1CC1)S(=O)(=O)c1cn[nH]c1. The maximum absolute atomic E-state index is 12.1. The van der Waals surface area contributed by atoms with Crippen LogP contribution in [0.3, 0.4) is 0 Å². The molecule has 16 heavy (non-hydrogen) atoms. The molecule has 1 heterocycles. The van der Waals surface area contributed by atoms with E-state index in [0.29, 0.717) is 0 Å². The largest absolute Gasteiger partial charge is 0.284 e. The Hall–Kier alpha value is -1.39. The van der Waals surface area contributed by atoms with Crippen molar-refractivity contribution in [3.05, 3.63) is 12.4 Å². The fourth-order valence-corrected chi connectivity index (χ4v) is 3.13. The van der Waals surface area contributed by atoms with Gasteiger partial charge >= 0.3 is 0 Å². The van der Waals surface area contributed by atoms with Crippen LogP contribution in [0.1, 0.15) is 19.3 Å². The number of nitrogens with zero attached hydrogens (tertiary/aromatic N) is 3. The summed E-state index contributed by atoms with van der Waals surface area (Å²) in [5.74, 6) is 0. The summed E-state index contributed by atoms with van der Waals surface area (Å²) in [5.41, 5.74) is 0. The summed E-state index contributed by atoms with van der Waals surface area (Å²) in [5, 5.41) is 14.6. The van der Waals surface area contributed by atoms with Gasteiger partial charge in [-0.25, -0.2) is 8.42 Å². The number of H-pyrrole nitrogens is 1. The zero-order valence-corrected chi connectivity index (χ0v) is 9.44. The number of aromatic amines is 1. The van der Waals surface area contributed by atoms with Gasteiger partial charge in [0.1, 0.15) is 4.90 Å². The van der Waals surface area contributed by atoms with Crippen molar-refractivity contribution in [1.82, 2.24) is 14.5 Å². The Labute approximate surface area is 93.9 Å². The summed E-state index contributed by atoms with van der Waals surface area (Å²) in [4.78, 5) is 0.164. The molecule has 86 valence electrons. The van der Waals surface area contributed by atoms with E-state index in [9.17, 15) is 8.42 Å². The molecule has 1 N–H and O–H groups in total. The highest BCUT2D eigenvalue weighted by Crippen LogP contribution is 2.31. The Morgan fingerprint density at radius 1 is 1.62 bits per heavy atom. The lowest BCUT2D eigenvalue weighted by Gasteiger charge is -2.19. The van der Waals surface area contributed by atoms with Crippen LogP contribution < -0.4 is 0 Å². The first-order valence-corrected chi connectivity index (χ1v) is 6.48. The number of nitrogens with one attached hydrogen (secondary N) is 1. The van der Waals surface area contributed by atoms with Crippen molar-refractivity contribution in [3.63, 3.8) is 0 Å². The Morgan fingerprint density at radius 3 is 2.88 bits per heavy atom. The average molecular weight is 240 g/mol. The Kier molecular flexibility index (Phi) is 2.94. The van der Waals surface area contributed by atoms with E-state index < -0.39 is 10.0 Å². The van der Waals surface area contributed by atoms with Crippen molar-refractivity contribution in [3.8, 4) is 6.07 Å². The molecule has 1 aromatic heterocycles. The van der Waals surface area contributed by atoms with Crippen molar-refractivity contribution in [2.45, 2.75) is 30.2 Å². The number of hydrogen-bond acceptors (Lipinski definition) is 4. The van der Waals surface area contributed by atoms with Gasteiger partial charge in [-0.15, -0.1) is 0 Å². The van der Waals surface area contributed by atoms with Crippen LogP contribution in [-0.2, 0) is 10.0 Å². The van der Waals surface area contributed by atoms with E-state index in [4.69, 9.17) is 5.26 Å². The quantitative estimate of drug-likeness (QED) is 0.810. The minimum absolute atomic E-state index is 0.0632. The molecule has 0 amide bonds. The first-order valence-electron chi connectivity index (χ1n) is 5.04. The third kappa shape index (κ3) is 2.08. The third-order valence-corrected chi connectivity index (χ3v) is 4.40. The van der Waals surface area contributed by atoms with Crippen molar-refractivity contribution in [2.75, 3.05) is 6.54 Å². The van der Waals surface area contributed by atoms with Crippen molar-refractivity contribution in [1.29, 1.82) is 5.26 Å². The zero-order chi connectivity index (χ0) is 11.6. The van der Waals surface area contributed by atoms with Gasteiger partial charge in [0, 0.05) is 25.2 Å².